The lowest BCUT2D eigenvalue weighted by Gasteiger charge is -2.39. The third-order valence-electron chi connectivity index (χ3n) is 12.3. The molecule has 0 rings (SSSR count). The number of carbonyl (C=O) groups excluding carboxylic acids is 2. The van der Waals surface area contributed by atoms with Gasteiger partial charge >= 0.3 is 0 Å². The van der Waals surface area contributed by atoms with Crippen LogP contribution in [-0.4, -0.2) is 78.9 Å². The summed E-state index contributed by atoms with van der Waals surface area (Å²) in [6.07, 6.45) is 41.1. The maximum atomic E-state index is 13.8. The second-order valence-corrected chi connectivity index (χ2v) is 20.5. The third kappa shape index (κ3) is 33.8. The summed E-state index contributed by atoms with van der Waals surface area (Å²) in [5.41, 5.74) is -2.72. The maximum absolute atomic E-state index is 13.8. The first kappa shape index (κ1) is 59.3. The fraction of sp³-hybridized carbons (Fsp3) is 0.960. The molecule has 0 spiro atoms. The quantitative estimate of drug-likeness (QED) is 0.0267. The molecule has 0 aromatic carbocycles. The molecule has 2 atom stereocenters. The minimum absolute atomic E-state index is 0.125. The standard InChI is InChI=1S/C50H100NO8P/c1-6-8-10-12-14-16-18-20-22-24-26-28-30-32-34-36-38-40-42-47(53)50(49(55)46-52,59-60(56,57)58-45-44-51(3,4)5)48(54)43-41-39-37-35-33-31-29-27-25-23-21-19-17-15-13-11-9-7-2/h49,52,55H,6-46H2,1-5H3/t49-/m0/s1. The zero-order valence-corrected chi connectivity index (χ0v) is 41.2. The monoisotopic (exact) mass is 874 g/mol. The molecule has 0 fully saturated rings. The fourth-order valence-corrected chi connectivity index (χ4v) is 9.23. The Morgan fingerprint density at radius 1 is 0.517 bits per heavy atom. The van der Waals surface area contributed by atoms with E-state index >= 15 is 0 Å². The number of hydrogen-bond donors (Lipinski definition) is 2. The second kappa shape index (κ2) is 39.9. The van der Waals surface area contributed by atoms with Gasteiger partial charge in [-0.15, -0.1) is 0 Å². The molecule has 0 aromatic heterocycles. The number of Topliss-reactive ketones (excluding diaryl/α,β-unsaturated/α-hetero) is 2. The number of carbonyl (C=O) groups is 2. The van der Waals surface area contributed by atoms with Crippen LogP contribution >= 0.6 is 7.82 Å². The number of ketones is 2. The zero-order valence-electron chi connectivity index (χ0n) is 40.3. The van der Waals surface area contributed by atoms with Gasteiger partial charge in [0.25, 0.3) is 7.82 Å². The third-order valence-corrected chi connectivity index (χ3v) is 13.3. The number of aliphatic hydroxyl groups excluding tert-OH is 2. The summed E-state index contributed by atoms with van der Waals surface area (Å²) >= 11 is 0. The molecule has 0 aromatic rings. The van der Waals surface area contributed by atoms with Crippen LogP contribution in [0.2, 0.25) is 0 Å². The lowest BCUT2D eigenvalue weighted by Crippen LogP contribution is -2.59. The van der Waals surface area contributed by atoms with Crippen molar-refractivity contribution in [3.05, 3.63) is 0 Å². The van der Waals surface area contributed by atoms with Gasteiger partial charge in [0.1, 0.15) is 19.3 Å². The number of nitrogens with zero attached hydrogens (tertiary/aromatic N) is 1. The van der Waals surface area contributed by atoms with Gasteiger partial charge < -0.3 is 24.1 Å². The predicted molar refractivity (Wildman–Crippen MR) is 250 cm³/mol. The van der Waals surface area contributed by atoms with Crippen LogP contribution in [0.4, 0.5) is 0 Å². The van der Waals surface area contributed by atoms with Crippen molar-refractivity contribution in [3.63, 3.8) is 0 Å². The number of hydrogen-bond acceptors (Lipinski definition) is 8. The van der Waals surface area contributed by atoms with E-state index in [4.69, 9.17) is 9.05 Å². The Hall–Kier alpha value is -0.670. The Bertz CT molecular complexity index is 982. The number of aliphatic hydroxyl groups is 2. The smallest absolute Gasteiger partial charge is 0.269 e. The molecular formula is C50H100NO8P. The molecule has 0 aliphatic carbocycles. The molecule has 0 radical (unpaired) electrons. The average Bonchev–Trinajstić information content (AvgIpc) is 3.20. The number of rotatable bonds is 48. The molecule has 0 saturated heterocycles. The van der Waals surface area contributed by atoms with Crippen molar-refractivity contribution < 1.29 is 42.8 Å². The number of unbranched alkanes of at least 4 members (excludes halogenated alkanes) is 34. The molecular weight excluding hydrogens is 774 g/mol. The predicted octanol–water partition coefficient (Wildman–Crippen LogP) is 13.3. The van der Waals surface area contributed by atoms with Gasteiger partial charge in [0.2, 0.25) is 5.60 Å². The molecule has 10 heteroatoms. The summed E-state index contributed by atoms with van der Waals surface area (Å²) in [5.74, 6) is -1.61. The molecule has 60 heavy (non-hydrogen) atoms. The fourth-order valence-electron chi connectivity index (χ4n) is 8.19. The van der Waals surface area contributed by atoms with Crippen LogP contribution in [0.25, 0.3) is 0 Å². The average molecular weight is 874 g/mol. The molecule has 358 valence electrons. The Labute approximate surface area is 371 Å². The van der Waals surface area contributed by atoms with Crippen LogP contribution in [-0.2, 0) is 23.2 Å². The molecule has 1 unspecified atom stereocenters. The van der Waals surface area contributed by atoms with Crippen LogP contribution in [0.3, 0.4) is 0 Å². The van der Waals surface area contributed by atoms with Gasteiger partial charge in [0.05, 0.1) is 27.7 Å². The van der Waals surface area contributed by atoms with E-state index in [2.05, 4.69) is 13.8 Å². The Kier molecular flexibility index (Phi) is 39.4. The van der Waals surface area contributed by atoms with Crippen molar-refractivity contribution in [2.75, 3.05) is 40.9 Å². The molecule has 9 nitrogen and oxygen atoms in total. The summed E-state index contributed by atoms with van der Waals surface area (Å²) < 4.78 is 24.0. The number of phosphoric ester groups is 1. The zero-order chi connectivity index (χ0) is 44.6. The summed E-state index contributed by atoms with van der Waals surface area (Å²) in [4.78, 5) is 40.8. The normalized spacial score (nSPS) is 13.8. The lowest BCUT2D eigenvalue weighted by atomic mass is 9.82. The minimum atomic E-state index is -5.20. The first-order valence-electron chi connectivity index (χ1n) is 25.7. The molecule has 0 aliphatic heterocycles. The minimum Gasteiger partial charge on any atom is -0.756 e. The van der Waals surface area contributed by atoms with Crippen molar-refractivity contribution in [1.29, 1.82) is 0 Å². The van der Waals surface area contributed by atoms with Crippen molar-refractivity contribution in [2.45, 2.75) is 270 Å². The van der Waals surface area contributed by atoms with Gasteiger partial charge in [0, 0.05) is 12.8 Å². The van der Waals surface area contributed by atoms with Crippen LogP contribution in [0.1, 0.15) is 258 Å². The van der Waals surface area contributed by atoms with Crippen LogP contribution in [0.5, 0.6) is 0 Å². The lowest BCUT2D eigenvalue weighted by molar-refractivity contribution is -0.870. The van der Waals surface area contributed by atoms with Gasteiger partial charge in [-0.2, -0.15) is 0 Å². The maximum Gasteiger partial charge on any atom is 0.269 e. The number of phosphoric acid groups is 1. The van der Waals surface area contributed by atoms with Crippen molar-refractivity contribution >= 4 is 19.4 Å². The van der Waals surface area contributed by atoms with E-state index in [1.165, 1.54) is 167 Å². The Balaban J connectivity index is 4.73. The van der Waals surface area contributed by atoms with E-state index in [1.807, 2.05) is 21.1 Å². The van der Waals surface area contributed by atoms with Crippen molar-refractivity contribution in [3.8, 4) is 0 Å². The first-order chi connectivity index (χ1) is 28.9. The van der Waals surface area contributed by atoms with Gasteiger partial charge in [-0.3, -0.25) is 18.7 Å². The highest BCUT2D eigenvalue weighted by Gasteiger charge is 2.53. The number of quaternary nitrogens is 1. The highest BCUT2D eigenvalue weighted by atomic mass is 31.2. The summed E-state index contributed by atoms with van der Waals surface area (Å²) in [6, 6.07) is 0. The second-order valence-electron chi connectivity index (χ2n) is 19.2. The van der Waals surface area contributed by atoms with E-state index < -0.39 is 37.7 Å². The van der Waals surface area contributed by atoms with E-state index in [1.54, 1.807) is 0 Å². The van der Waals surface area contributed by atoms with Gasteiger partial charge in [-0.05, 0) is 12.8 Å². The molecule has 0 amide bonds. The van der Waals surface area contributed by atoms with Crippen LogP contribution in [0, 0.1) is 0 Å². The van der Waals surface area contributed by atoms with E-state index in [-0.39, 0.29) is 19.4 Å². The van der Waals surface area contributed by atoms with Gasteiger partial charge in [-0.25, -0.2) is 0 Å². The highest BCUT2D eigenvalue weighted by molar-refractivity contribution is 7.46. The molecule has 0 bridgehead atoms. The summed E-state index contributed by atoms with van der Waals surface area (Å²) in [5, 5.41) is 21.0. The van der Waals surface area contributed by atoms with Crippen LogP contribution < -0.4 is 4.89 Å². The number of likely N-dealkylation sites (N-methyl/N-ethyl adjacent to an activating group) is 1. The first-order valence-corrected chi connectivity index (χ1v) is 27.1. The Morgan fingerprint density at radius 3 is 1.00 bits per heavy atom. The molecule has 0 saturated carbocycles. The summed E-state index contributed by atoms with van der Waals surface area (Å²) in [7, 11) is 0.437. The van der Waals surface area contributed by atoms with E-state index in [9.17, 15) is 29.3 Å². The SMILES string of the molecule is CCCCCCCCCCCCCCCCCCCCC(=O)C(OP(=O)([O-])OCC[N+](C)(C)C)(C(=O)CCCCCCCCCCCCCCCCCCCC)[C@@H](O)CO. The van der Waals surface area contributed by atoms with Gasteiger partial charge in [0.15, 0.2) is 11.6 Å². The molecule has 2 N–H and O–H groups in total. The van der Waals surface area contributed by atoms with Crippen molar-refractivity contribution in [1.82, 2.24) is 0 Å². The van der Waals surface area contributed by atoms with Crippen molar-refractivity contribution in [2.24, 2.45) is 0 Å². The summed E-state index contributed by atoms with van der Waals surface area (Å²) in [6.45, 7) is 3.66. The van der Waals surface area contributed by atoms with Gasteiger partial charge in [-0.1, -0.05) is 232 Å². The Morgan fingerprint density at radius 2 is 0.767 bits per heavy atom. The van der Waals surface area contributed by atoms with Crippen LogP contribution in [0.15, 0.2) is 0 Å². The molecule has 0 heterocycles. The largest absolute Gasteiger partial charge is 0.756 e. The topological polar surface area (TPSA) is 133 Å². The highest BCUT2D eigenvalue weighted by Crippen LogP contribution is 2.46. The molecule has 0 aliphatic rings. The van der Waals surface area contributed by atoms with E-state index in [0.717, 1.165) is 51.4 Å². The van der Waals surface area contributed by atoms with E-state index in [0.29, 0.717) is 23.9 Å².